The van der Waals surface area contributed by atoms with Crippen molar-refractivity contribution in [1.29, 1.82) is 5.26 Å². The van der Waals surface area contributed by atoms with Crippen LogP contribution >= 0.6 is 0 Å². The van der Waals surface area contributed by atoms with E-state index < -0.39 is 0 Å². The standard InChI is InChI=1S/C14H21N5O.C2H6/c1-10(2)18-6-5-7-19-12(9-18)11(8-15)13(16-19)14(20)17(3)4;1-2/h10H,5-7,9H2,1-4H3;1-2H3. The van der Waals surface area contributed by atoms with Gasteiger partial charge in [-0.2, -0.15) is 10.4 Å². The lowest BCUT2D eigenvalue weighted by molar-refractivity contribution is 0.0820. The minimum absolute atomic E-state index is 0.210. The van der Waals surface area contributed by atoms with E-state index in [0.29, 0.717) is 18.2 Å². The average molecular weight is 305 g/mol. The molecule has 2 heterocycles. The van der Waals surface area contributed by atoms with Crippen molar-refractivity contribution in [2.75, 3.05) is 20.6 Å². The van der Waals surface area contributed by atoms with Crippen LogP contribution in [0.1, 0.15) is 55.9 Å². The third-order valence-corrected chi connectivity index (χ3v) is 3.68. The van der Waals surface area contributed by atoms with Crippen LogP contribution in [0.2, 0.25) is 0 Å². The van der Waals surface area contributed by atoms with Gasteiger partial charge in [0.2, 0.25) is 0 Å². The normalized spacial score (nSPS) is 14.5. The molecule has 122 valence electrons. The van der Waals surface area contributed by atoms with Gasteiger partial charge in [0, 0.05) is 39.8 Å². The van der Waals surface area contributed by atoms with E-state index in [-0.39, 0.29) is 11.6 Å². The smallest absolute Gasteiger partial charge is 0.275 e. The first-order chi connectivity index (χ1) is 10.5. The zero-order valence-corrected chi connectivity index (χ0v) is 14.6. The first-order valence-electron chi connectivity index (χ1n) is 7.91. The zero-order valence-electron chi connectivity index (χ0n) is 14.6. The summed E-state index contributed by atoms with van der Waals surface area (Å²) in [6.45, 7) is 10.7. The maximum Gasteiger partial charge on any atom is 0.275 e. The summed E-state index contributed by atoms with van der Waals surface area (Å²) >= 11 is 0. The van der Waals surface area contributed by atoms with E-state index in [1.165, 1.54) is 4.90 Å². The molecule has 6 heteroatoms. The highest BCUT2D eigenvalue weighted by Crippen LogP contribution is 2.21. The number of rotatable bonds is 2. The lowest BCUT2D eigenvalue weighted by Crippen LogP contribution is -2.30. The monoisotopic (exact) mass is 305 g/mol. The van der Waals surface area contributed by atoms with Gasteiger partial charge in [0.25, 0.3) is 5.91 Å². The van der Waals surface area contributed by atoms with Crippen LogP contribution in [0.3, 0.4) is 0 Å². The molecule has 0 saturated heterocycles. The summed E-state index contributed by atoms with van der Waals surface area (Å²) in [4.78, 5) is 15.9. The van der Waals surface area contributed by atoms with Crippen molar-refractivity contribution in [2.45, 2.75) is 53.2 Å². The molecule has 0 saturated carbocycles. The summed E-state index contributed by atoms with van der Waals surface area (Å²) in [5.41, 5.74) is 1.57. The van der Waals surface area contributed by atoms with Gasteiger partial charge in [-0.25, -0.2) is 0 Å². The van der Waals surface area contributed by atoms with Crippen LogP contribution in [0.4, 0.5) is 0 Å². The molecule has 0 spiro atoms. The number of aryl methyl sites for hydroxylation is 1. The molecule has 6 nitrogen and oxygen atoms in total. The predicted octanol–water partition coefficient (Wildman–Crippen LogP) is 2.10. The van der Waals surface area contributed by atoms with Crippen molar-refractivity contribution in [3.8, 4) is 6.07 Å². The number of hydrogen-bond acceptors (Lipinski definition) is 4. The molecule has 0 atom stereocenters. The molecule has 1 aromatic heterocycles. The minimum atomic E-state index is -0.210. The number of fused-ring (bicyclic) bond motifs is 1. The topological polar surface area (TPSA) is 65.2 Å². The summed E-state index contributed by atoms with van der Waals surface area (Å²) in [5, 5.41) is 13.8. The Labute approximate surface area is 133 Å². The van der Waals surface area contributed by atoms with Crippen LogP contribution in [0, 0.1) is 11.3 Å². The number of carbonyl (C=O) groups is 1. The molecule has 0 radical (unpaired) electrons. The molecule has 0 unspecified atom stereocenters. The Bertz CT molecular complexity index is 554. The molecule has 22 heavy (non-hydrogen) atoms. The van der Waals surface area contributed by atoms with E-state index in [4.69, 9.17) is 0 Å². The Morgan fingerprint density at radius 2 is 1.95 bits per heavy atom. The quantitative estimate of drug-likeness (QED) is 0.839. The average Bonchev–Trinajstić information content (AvgIpc) is 2.70. The number of aromatic nitrogens is 2. The molecule has 1 aromatic rings. The van der Waals surface area contributed by atoms with E-state index in [1.54, 1.807) is 14.1 Å². The lowest BCUT2D eigenvalue weighted by atomic mass is 10.1. The van der Waals surface area contributed by atoms with Crippen LogP contribution < -0.4 is 0 Å². The highest BCUT2D eigenvalue weighted by atomic mass is 16.2. The van der Waals surface area contributed by atoms with Gasteiger partial charge in [-0.15, -0.1) is 0 Å². The van der Waals surface area contributed by atoms with Crippen molar-refractivity contribution in [3.05, 3.63) is 17.0 Å². The van der Waals surface area contributed by atoms with Gasteiger partial charge in [-0.3, -0.25) is 14.4 Å². The molecular formula is C16H27N5O. The van der Waals surface area contributed by atoms with E-state index in [9.17, 15) is 10.1 Å². The Balaban J connectivity index is 0.00000116. The molecule has 1 aliphatic rings. The van der Waals surface area contributed by atoms with E-state index in [0.717, 1.165) is 25.2 Å². The Morgan fingerprint density at radius 3 is 2.45 bits per heavy atom. The SMILES string of the molecule is CC.CC(C)N1CCCn2nc(C(=O)N(C)C)c(C#N)c2C1. The lowest BCUT2D eigenvalue weighted by Gasteiger charge is -2.23. The highest BCUT2D eigenvalue weighted by molar-refractivity contribution is 5.94. The molecule has 1 aliphatic heterocycles. The largest absolute Gasteiger partial charge is 0.343 e. The van der Waals surface area contributed by atoms with Gasteiger partial charge in [-0.05, 0) is 20.3 Å². The van der Waals surface area contributed by atoms with Crippen LogP contribution in [-0.2, 0) is 13.1 Å². The molecule has 0 aromatic carbocycles. The van der Waals surface area contributed by atoms with Crippen LogP contribution in [0.5, 0.6) is 0 Å². The van der Waals surface area contributed by atoms with E-state index in [2.05, 4.69) is 29.9 Å². The minimum Gasteiger partial charge on any atom is -0.343 e. The predicted molar refractivity (Wildman–Crippen MR) is 86.5 cm³/mol. The van der Waals surface area contributed by atoms with Crippen molar-refractivity contribution in [1.82, 2.24) is 19.6 Å². The second-order valence-corrected chi connectivity index (χ2v) is 5.62. The number of nitrogens with zero attached hydrogens (tertiary/aromatic N) is 5. The fourth-order valence-electron chi connectivity index (χ4n) is 2.46. The fraction of sp³-hybridized carbons (Fsp3) is 0.688. The third kappa shape index (κ3) is 3.66. The molecule has 1 amide bonds. The van der Waals surface area contributed by atoms with Gasteiger partial charge >= 0.3 is 0 Å². The second kappa shape index (κ2) is 7.95. The summed E-state index contributed by atoms with van der Waals surface area (Å²) < 4.78 is 1.83. The van der Waals surface area contributed by atoms with Gasteiger partial charge < -0.3 is 4.90 Å². The maximum atomic E-state index is 12.1. The van der Waals surface area contributed by atoms with E-state index in [1.807, 2.05) is 18.5 Å². The Morgan fingerprint density at radius 1 is 1.32 bits per heavy atom. The highest BCUT2D eigenvalue weighted by Gasteiger charge is 2.27. The summed E-state index contributed by atoms with van der Waals surface area (Å²) in [6.07, 6.45) is 0.979. The van der Waals surface area contributed by atoms with Gasteiger partial charge in [0.1, 0.15) is 11.6 Å². The maximum absolute atomic E-state index is 12.1. The van der Waals surface area contributed by atoms with Gasteiger partial charge in [-0.1, -0.05) is 13.8 Å². The fourth-order valence-corrected chi connectivity index (χ4v) is 2.46. The number of hydrogen-bond donors (Lipinski definition) is 0. The number of carbonyl (C=O) groups excluding carboxylic acids is 1. The molecular weight excluding hydrogens is 278 g/mol. The van der Waals surface area contributed by atoms with Crippen LogP contribution in [0.25, 0.3) is 0 Å². The Kier molecular flexibility index (Phi) is 6.57. The van der Waals surface area contributed by atoms with Crippen molar-refractivity contribution < 1.29 is 4.79 Å². The van der Waals surface area contributed by atoms with Gasteiger partial charge in [0.05, 0.1) is 5.69 Å². The van der Waals surface area contributed by atoms with Crippen LogP contribution in [-0.4, -0.2) is 52.2 Å². The van der Waals surface area contributed by atoms with Crippen molar-refractivity contribution >= 4 is 5.91 Å². The van der Waals surface area contributed by atoms with Gasteiger partial charge in [0.15, 0.2) is 5.69 Å². The summed E-state index contributed by atoms with van der Waals surface area (Å²) in [6, 6.07) is 2.58. The first-order valence-corrected chi connectivity index (χ1v) is 7.91. The first kappa shape index (κ1) is 18.2. The Hall–Kier alpha value is -1.87. The molecule has 0 fully saturated rings. The second-order valence-electron chi connectivity index (χ2n) is 5.62. The number of amides is 1. The summed E-state index contributed by atoms with van der Waals surface area (Å²) in [7, 11) is 3.35. The van der Waals surface area contributed by atoms with E-state index >= 15 is 0 Å². The summed E-state index contributed by atoms with van der Waals surface area (Å²) in [5.74, 6) is -0.210. The number of nitriles is 1. The molecule has 0 aliphatic carbocycles. The molecule has 2 rings (SSSR count). The van der Waals surface area contributed by atoms with Crippen molar-refractivity contribution in [2.24, 2.45) is 0 Å². The van der Waals surface area contributed by atoms with Crippen LogP contribution in [0.15, 0.2) is 0 Å². The zero-order chi connectivity index (χ0) is 16.9. The molecule has 0 bridgehead atoms. The van der Waals surface area contributed by atoms with Crippen molar-refractivity contribution in [3.63, 3.8) is 0 Å². The molecule has 0 N–H and O–H groups in total. The third-order valence-electron chi connectivity index (χ3n) is 3.68.